The SMILES string of the molecule is CNC(=O)CNc1c(N)c(C)nn1C(C)C. The number of nitrogens with zero attached hydrogens (tertiary/aromatic N) is 2. The number of carbonyl (C=O) groups excluding carboxylic acids is 1. The van der Waals surface area contributed by atoms with Crippen LogP contribution in [-0.2, 0) is 4.79 Å². The van der Waals surface area contributed by atoms with E-state index in [2.05, 4.69) is 15.7 Å². The van der Waals surface area contributed by atoms with Crippen LogP contribution in [0.25, 0.3) is 0 Å². The maximum absolute atomic E-state index is 11.1. The minimum Gasteiger partial charge on any atom is -0.394 e. The first-order valence-corrected chi connectivity index (χ1v) is 5.26. The molecule has 0 aromatic carbocycles. The van der Waals surface area contributed by atoms with E-state index in [4.69, 9.17) is 5.73 Å². The number of amides is 1. The molecule has 1 aromatic rings. The lowest BCUT2D eigenvalue weighted by atomic mass is 10.3. The second-order valence-corrected chi connectivity index (χ2v) is 3.91. The van der Waals surface area contributed by atoms with E-state index in [1.165, 1.54) is 0 Å². The lowest BCUT2D eigenvalue weighted by molar-refractivity contribution is -0.118. The molecule has 0 fully saturated rings. The summed E-state index contributed by atoms with van der Waals surface area (Å²) in [6.45, 7) is 6.06. The zero-order valence-electron chi connectivity index (χ0n) is 10.2. The molecule has 0 aliphatic heterocycles. The summed E-state index contributed by atoms with van der Waals surface area (Å²) in [7, 11) is 1.60. The number of hydrogen-bond acceptors (Lipinski definition) is 4. The highest BCUT2D eigenvalue weighted by Gasteiger charge is 2.14. The van der Waals surface area contributed by atoms with Crippen LogP contribution in [0.2, 0.25) is 0 Å². The van der Waals surface area contributed by atoms with E-state index in [0.717, 1.165) is 5.69 Å². The van der Waals surface area contributed by atoms with Crippen LogP contribution in [0.5, 0.6) is 0 Å². The van der Waals surface area contributed by atoms with Gasteiger partial charge in [-0.25, -0.2) is 4.68 Å². The van der Waals surface area contributed by atoms with Crippen molar-refractivity contribution in [3.8, 4) is 0 Å². The van der Waals surface area contributed by atoms with Crippen LogP contribution >= 0.6 is 0 Å². The Morgan fingerprint density at radius 2 is 2.19 bits per heavy atom. The summed E-state index contributed by atoms with van der Waals surface area (Å²) in [4.78, 5) is 11.1. The quantitative estimate of drug-likeness (QED) is 0.697. The third-order valence-electron chi connectivity index (χ3n) is 2.32. The summed E-state index contributed by atoms with van der Waals surface area (Å²) in [6.07, 6.45) is 0. The molecule has 1 rings (SSSR count). The van der Waals surface area contributed by atoms with E-state index in [0.29, 0.717) is 11.5 Å². The third kappa shape index (κ3) is 2.44. The van der Waals surface area contributed by atoms with Gasteiger partial charge in [-0.1, -0.05) is 0 Å². The Bertz CT molecular complexity index is 383. The molecule has 4 N–H and O–H groups in total. The molecule has 0 spiro atoms. The third-order valence-corrected chi connectivity index (χ3v) is 2.32. The molecular weight excluding hydrogens is 206 g/mol. The molecule has 1 amide bonds. The number of rotatable bonds is 4. The zero-order valence-corrected chi connectivity index (χ0v) is 10.2. The smallest absolute Gasteiger partial charge is 0.239 e. The molecule has 0 bridgehead atoms. The zero-order chi connectivity index (χ0) is 12.3. The predicted octanol–water partition coefficient (Wildman–Crippen LogP) is 0.513. The van der Waals surface area contributed by atoms with Crippen LogP contribution in [0, 0.1) is 6.92 Å². The number of likely N-dealkylation sites (N-methyl/N-ethyl adjacent to an activating group) is 1. The van der Waals surface area contributed by atoms with Gasteiger partial charge >= 0.3 is 0 Å². The molecule has 1 aromatic heterocycles. The van der Waals surface area contributed by atoms with E-state index >= 15 is 0 Å². The number of hydrogen-bond donors (Lipinski definition) is 3. The first-order valence-electron chi connectivity index (χ1n) is 5.26. The van der Waals surface area contributed by atoms with Crippen molar-refractivity contribution in [1.29, 1.82) is 0 Å². The molecule has 90 valence electrons. The molecular formula is C10H19N5O. The van der Waals surface area contributed by atoms with Gasteiger partial charge in [0.1, 0.15) is 5.82 Å². The Labute approximate surface area is 95.2 Å². The molecule has 6 heteroatoms. The second-order valence-electron chi connectivity index (χ2n) is 3.91. The van der Waals surface area contributed by atoms with Gasteiger partial charge < -0.3 is 16.4 Å². The van der Waals surface area contributed by atoms with E-state index in [9.17, 15) is 4.79 Å². The summed E-state index contributed by atoms with van der Waals surface area (Å²) in [5.41, 5.74) is 7.26. The van der Waals surface area contributed by atoms with Crippen molar-refractivity contribution >= 4 is 17.4 Å². The van der Waals surface area contributed by atoms with Crippen LogP contribution in [0.15, 0.2) is 0 Å². The minimum absolute atomic E-state index is 0.0893. The number of anilines is 2. The van der Waals surface area contributed by atoms with Crippen LogP contribution in [0.4, 0.5) is 11.5 Å². The van der Waals surface area contributed by atoms with Gasteiger partial charge in [0.2, 0.25) is 5.91 Å². The van der Waals surface area contributed by atoms with Crippen molar-refractivity contribution in [2.75, 3.05) is 24.6 Å². The highest BCUT2D eigenvalue weighted by atomic mass is 16.1. The molecule has 0 aliphatic rings. The Hall–Kier alpha value is -1.72. The molecule has 0 unspecified atom stereocenters. The van der Waals surface area contributed by atoms with E-state index in [-0.39, 0.29) is 18.5 Å². The highest BCUT2D eigenvalue weighted by molar-refractivity contribution is 5.81. The molecule has 0 aliphatic carbocycles. The fraction of sp³-hybridized carbons (Fsp3) is 0.600. The fourth-order valence-corrected chi connectivity index (χ4v) is 1.36. The lowest BCUT2D eigenvalue weighted by Gasteiger charge is -2.12. The Kier molecular flexibility index (Phi) is 3.76. The minimum atomic E-state index is -0.0893. The summed E-state index contributed by atoms with van der Waals surface area (Å²) >= 11 is 0. The topological polar surface area (TPSA) is 85.0 Å². The standard InChI is InChI=1S/C10H19N5O/c1-6(2)15-10(9(11)7(3)14-15)13-5-8(16)12-4/h6,13H,5,11H2,1-4H3,(H,12,16). The number of carbonyl (C=O) groups is 1. The number of aromatic nitrogens is 2. The molecule has 6 nitrogen and oxygen atoms in total. The second kappa shape index (κ2) is 4.87. The number of nitrogens with one attached hydrogen (secondary N) is 2. The van der Waals surface area contributed by atoms with Gasteiger partial charge in [-0.15, -0.1) is 0 Å². The molecule has 16 heavy (non-hydrogen) atoms. The van der Waals surface area contributed by atoms with E-state index in [1.807, 2.05) is 20.8 Å². The van der Waals surface area contributed by atoms with Gasteiger partial charge in [0.05, 0.1) is 17.9 Å². The number of nitrogen functional groups attached to an aromatic ring is 1. The number of nitrogens with two attached hydrogens (primary N) is 1. The summed E-state index contributed by atoms with van der Waals surface area (Å²) in [6, 6.07) is 0.197. The number of aryl methyl sites for hydroxylation is 1. The van der Waals surface area contributed by atoms with Crippen molar-refractivity contribution in [2.24, 2.45) is 0 Å². The van der Waals surface area contributed by atoms with Crippen molar-refractivity contribution in [1.82, 2.24) is 15.1 Å². The first kappa shape index (κ1) is 12.4. The van der Waals surface area contributed by atoms with Crippen LogP contribution in [-0.4, -0.2) is 29.3 Å². The monoisotopic (exact) mass is 225 g/mol. The van der Waals surface area contributed by atoms with E-state index < -0.39 is 0 Å². The van der Waals surface area contributed by atoms with Gasteiger partial charge in [-0.3, -0.25) is 4.79 Å². The van der Waals surface area contributed by atoms with Crippen molar-refractivity contribution in [2.45, 2.75) is 26.8 Å². The largest absolute Gasteiger partial charge is 0.394 e. The Morgan fingerprint density at radius 1 is 1.56 bits per heavy atom. The summed E-state index contributed by atoms with van der Waals surface area (Å²) in [5, 5.41) is 9.85. The molecule has 1 heterocycles. The first-order chi connectivity index (χ1) is 7.47. The lowest BCUT2D eigenvalue weighted by Crippen LogP contribution is -2.27. The average Bonchev–Trinajstić information content (AvgIpc) is 2.53. The average molecular weight is 225 g/mol. The van der Waals surface area contributed by atoms with Gasteiger partial charge in [-0.2, -0.15) is 5.10 Å². The molecule has 0 saturated heterocycles. The summed E-state index contributed by atoms with van der Waals surface area (Å²) in [5.74, 6) is 0.615. The molecule has 0 saturated carbocycles. The maximum Gasteiger partial charge on any atom is 0.239 e. The van der Waals surface area contributed by atoms with Crippen LogP contribution < -0.4 is 16.4 Å². The van der Waals surface area contributed by atoms with Crippen molar-refractivity contribution < 1.29 is 4.79 Å². The predicted molar refractivity (Wildman–Crippen MR) is 64.3 cm³/mol. The molecule has 0 atom stereocenters. The maximum atomic E-state index is 11.1. The van der Waals surface area contributed by atoms with E-state index in [1.54, 1.807) is 11.7 Å². The van der Waals surface area contributed by atoms with Gasteiger partial charge in [0, 0.05) is 13.1 Å². The Morgan fingerprint density at radius 3 is 2.69 bits per heavy atom. The normalized spacial score (nSPS) is 10.6. The Balaban J connectivity index is 2.89. The fourth-order valence-electron chi connectivity index (χ4n) is 1.36. The van der Waals surface area contributed by atoms with Crippen molar-refractivity contribution in [3.05, 3.63) is 5.69 Å². The van der Waals surface area contributed by atoms with Crippen LogP contribution in [0.3, 0.4) is 0 Å². The highest BCUT2D eigenvalue weighted by Crippen LogP contribution is 2.24. The summed E-state index contributed by atoms with van der Waals surface area (Å²) < 4.78 is 1.79. The van der Waals surface area contributed by atoms with Gasteiger partial charge in [-0.05, 0) is 20.8 Å². The van der Waals surface area contributed by atoms with Crippen LogP contribution in [0.1, 0.15) is 25.6 Å². The molecule has 0 radical (unpaired) electrons. The van der Waals surface area contributed by atoms with Gasteiger partial charge in [0.25, 0.3) is 0 Å². The van der Waals surface area contributed by atoms with Crippen molar-refractivity contribution in [3.63, 3.8) is 0 Å². The van der Waals surface area contributed by atoms with Gasteiger partial charge in [0.15, 0.2) is 0 Å².